The molecule has 5 heteroatoms. The average molecular weight is 420 g/mol. The molecule has 152 valence electrons. The van der Waals surface area contributed by atoms with Gasteiger partial charge in [0, 0.05) is 35.9 Å². The minimum absolute atomic E-state index is 0.0436. The number of nitrogens with zero attached hydrogens (tertiary/aromatic N) is 1. The second-order valence-corrected chi connectivity index (χ2v) is 9.42. The van der Waals surface area contributed by atoms with E-state index in [1.54, 1.807) is 23.7 Å². The van der Waals surface area contributed by atoms with Crippen molar-refractivity contribution in [2.75, 3.05) is 0 Å². The Hall–Kier alpha value is -2.85. The van der Waals surface area contributed by atoms with E-state index in [2.05, 4.69) is 13.8 Å². The normalized spacial score (nSPS) is 20.0. The van der Waals surface area contributed by atoms with Crippen LogP contribution in [0.15, 0.2) is 64.7 Å². The molecule has 1 aliphatic heterocycles. The Bertz CT molecular complexity index is 1300. The van der Waals surface area contributed by atoms with Crippen molar-refractivity contribution in [1.82, 2.24) is 4.57 Å². The number of halogens is 1. The Kier molecular flexibility index (Phi) is 4.19. The van der Waals surface area contributed by atoms with Gasteiger partial charge in [-0.15, -0.1) is 0 Å². The summed E-state index contributed by atoms with van der Waals surface area (Å²) in [5.74, 6) is 0.829. The van der Waals surface area contributed by atoms with Crippen molar-refractivity contribution in [1.29, 1.82) is 0 Å². The number of hydrogen-bond acceptors (Lipinski definition) is 3. The lowest BCUT2D eigenvalue weighted by molar-refractivity contribution is -0.118. The second-order valence-electron chi connectivity index (χ2n) is 8.99. The molecule has 0 bridgehead atoms. The van der Waals surface area contributed by atoms with Gasteiger partial charge in [0.15, 0.2) is 5.78 Å². The fraction of sp³-hybridized carbons (Fsp3) is 0.280. The molecule has 2 aliphatic rings. The topological polar surface area (TPSA) is 48.3 Å². The summed E-state index contributed by atoms with van der Waals surface area (Å²) in [6, 6.07) is 15.1. The first-order valence-corrected chi connectivity index (χ1v) is 10.5. The highest BCUT2D eigenvalue weighted by molar-refractivity contribution is 6.30. The van der Waals surface area contributed by atoms with Crippen LogP contribution in [0.3, 0.4) is 0 Å². The molecule has 0 saturated carbocycles. The Morgan fingerprint density at radius 1 is 1.03 bits per heavy atom. The average Bonchev–Trinajstić information content (AvgIpc) is 2.70. The minimum atomic E-state index is -0.465. The number of pyridine rings is 1. The van der Waals surface area contributed by atoms with Crippen LogP contribution < -0.4 is 10.3 Å². The molecular formula is C25H22ClNO3. The highest BCUT2D eigenvalue weighted by Gasteiger charge is 2.44. The fourth-order valence-electron chi connectivity index (χ4n) is 4.80. The summed E-state index contributed by atoms with van der Waals surface area (Å²) in [6.45, 7) is 4.15. The van der Waals surface area contributed by atoms with Crippen molar-refractivity contribution in [2.24, 2.45) is 12.5 Å². The smallest absolute Gasteiger partial charge is 0.258 e. The van der Waals surface area contributed by atoms with E-state index in [0.717, 1.165) is 16.5 Å². The number of aromatic nitrogens is 1. The molecule has 0 radical (unpaired) electrons. The van der Waals surface area contributed by atoms with Crippen molar-refractivity contribution in [3.05, 3.63) is 86.4 Å². The quantitative estimate of drug-likeness (QED) is 0.533. The van der Waals surface area contributed by atoms with Gasteiger partial charge in [-0.25, -0.2) is 0 Å². The van der Waals surface area contributed by atoms with Gasteiger partial charge >= 0.3 is 0 Å². The summed E-state index contributed by atoms with van der Waals surface area (Å²) in [6.07, 6.45) is 1.09. The van der Waals surface area contributed by atoms with Gasteiger partial charge in [0.1, 0.15) is 11.5 Å². The standard InChI is InChI=1S/C25H22ClNO3/c1-25(2)12-18(28)21-19(13-25)30-23-16-6-4-5-7-17(16)27(3)24(29)22(23)20(21)14-8-10-15(26)11-9-14/h4-11,20H,12-13H2,1-3H3/t20-/m1/s1. The number of ketones is 1. The number of rotatable bonds is 1. The summed E-state index contributed by atoms with van der Waals surface area (Å²) >= 11 is 6.12. The lowest BCUT2D eigenvalue weighted by Gasteiger charge is -2.38. The summed E-state index contributed by atoms with van der Waals surface area (Å²) < 4.78 is 8.03. The number of allylic oxidation sites excluding steroid dienone is 2. The zero-order valence-corrected chi connectivity index (χ0v) is 17.9. The molecule has 0 amide bonds. The number of carbonyl (C=O) groups is 1. The van der Waals surface area contributed by atoms with Gasteiger partial charge in [0.05, 0.1) is 17.0 Å². The van der Waals surface area contributed by atoms with Gasteiger partial charge in [0.2, 0.25) is 0 Å². The molecular weight excluding hydrogens is 398 g/mol. The molecule has 0 spiro atoms. The summed E-state index contributed by atoms with van der Waals surface area (Å²) in [5, 5.41) is 1.48. The van der Waals surface area contributed by atoms with Crippen LogP contribution in [-0.4, -0.2) is 10.4 Å². The number of aryl methyl sites for hydroxylation is 1. The number of carbonyl (C=O) groups excluding carboxylic acids is 1. The predicted octanol–water partition coefficient (Wildman–Crippen LogP) is 5.36. The Morgan fingerprint density at radius 3 is 2.47 bits per heavy atom. The van der Waals surface area contributed by atoms with E-state index in [0.29, 0.717) is 40.5 Å². The maximum atomic E-state index is 13.5. The molecule has 30 heavy (non-hydrogen) atoms. The number of Topliss-reactive ketones (excluding diaryl/α,β-unsaturated/α-hetero) is 1. The van der Waals surface area contributed by atoms with Crippen molar-refractivity contribution in [3.63, 3.8) is 0 Å². The largest absolute Gasteiger partial charge is 0.460 e. The van der Waals surface area contributed by atoms with Crippen LogP contribution in [0.5, 0.6) is 5.75 Å². The number of para-hydroxylation sites is 1. The van der Waals surface area contributed by atoms with E-state index in [1.807, 2.05) is 36.4 Å². The molecule has 3 aromatic rings. The first-order valence-electron chi connectivity index (χ1n) is 10.1. The second kappa shape index (κ2) is 6.58. The fourth-order valence-corrected chi connectivity index (χ4v) is 4.93. The molecule has 1 atom stereocenters. The molecule has 1 aromatic heterocycles. The minimum Gasteiger partial charge on any atom is -0.460 e. The predicted molar refractivity (Wildman–Crippen MR) is 118 cm³/mol. The molecule has 2 aromatic carbocycles. The summed E-state index contributed by atoms with van der Waals surface area (Å²) in [4.78, 5) is 26.8. The van der Waals surface area contributed by atoms with Gasteiger partial charge in [0.25, 0.3) is 5.56 Å². The number of ether oxygens (including phenoxy) is 1. The van der Waals surface area contributed by atoms with Crippen molar-refractivity contribution in [2.45, 2.75) is 32.6 Å². The van der Waals surface area contributed by atoms with Crippen LogP contribution in [0.25, 0.3) is 10.9 Å². The van der Waals surface area contributed by atoms with E-state index < -0.39 is 5.92 Å². The molecule has 0 N–H and O–H groups in total. The molecule has 5 rings (SSSR count). The van der Waals surface area contributed by atoms with Crippen LogP contribution in [0.2, 0.25) is 5.02 Å². The Balaban J connectivity index is 1.87. The molecule has 4 nitrogen and oxygen atoms in total. The third-order valence-corrected chi connectivity index (χ3v) is 6.43. The van der Waals surface area contributed by atoms with Crippen LogP contribution >= 0.6 is 11.6 Å². The maximum absolute atomic E-state index is 13.5. The van der Waals surface area contributed by atoms with E-state index in [9.17, 15) is 9.59 Å². The van der Waals surface area contributed by atoms with Gasteiger partial charge in [-0.05, 0) is 35.2 Å². The van der Waals surface area contributed by atoms with E-state index in [-0.39, 0.29) is 16.8 Å². The number of benzene rings is 2. The third-order valence-electron chi connectivity index (χ3n) is 6.17. The van der Waals surface area contributed by atoms with Crippen molar-refractivity contribution < 1.29 is 9.53 Å². The number of fused-ring (bicyclic) bond motifs is 3. The molecule has 1 aliphatic carbocycles. The molecule has 0 unspecified atom stereocenters. The van der Waals surface area contributed by atoms with Crippen LogP contribution in [-0.2, 0) is 11.8 Å². The van der Waals surface area contributed by atoms with E-state index >= 15 is 0 Å². The van der Waals surface area contributed by atoms with Gasteiger partial charge in [-0.3, -0.25) is 9.59 Å². The van der Waals surface area contributed by atoms with Gasteiger partial charge < -0.3 is 9.30 Å². The van der Waals surface area contributed by atoms with Crippen molar-refractivity contribution in [3.8, 4) is 5.75 Å². The zero-order chi connectivity index (χ0) is 21.2. The molecule has 0 saturated heterocycles. The zero-order valence-electron chi connectivity index (χ0n) is 17.2. The van der Waals surface area contributed by atoms with Crippen LogP contribution in [0.1, 0.15) is 43.7 Å². The number of hydrogen-bond donors (Lipinski definition) is 0. The lowest BCUT2D eigenvalue weighted by atomic mass is 9.70. The Labute approximate surface area is 179 Å². The Morgan fingerprint density at radius 2 is 1.73 bits per heavy atom. The molecule has 0 fully saturated rings. The van der Waals surface area contributed by atoms with Crippen molar-refractivity contribution >= 4 is 28.3 Å². The first kappa shape index (κ1) is 19.1. The first-order chi connectivity index (χ1) is 14.3. The highest BCUT2D eigenvalue weighted by Crippen LogP contribution is 2.50. The van der Waals surface area contributed by atoms with Gasteiger partial charge in [-0.2, -0.15) is 0 Å². The van der Waals surface area contributed by atoms with Crippen LogP contribution in [0, 0.1) is 5.41 Å². The maximum Gasteiger partial charge on any atom is 0.258 e. The molecule has 2 heterocycles. The van der Waals surface area contributed by atoms with E-state index in [4.69, 9.17) is 16.3 Å². The SMILES string of the molecule is Cn1c(=O)c2c(c3ccccc31)OC1=C(C(=O)CC(C)(C)C1)[C@H]2c1ccc(Cl)cc1. The van der Waals surface area contributed by atoms with E-state index in [1.165, 1.54) is 0 Å². The van der Waals surface area contributed by atoms with Crippen LogP contribution in [0.4, 0.5) is 0 Å². The van der Waals surface area contributed by atoms with Gasteiger partial charge in [-0.1, -0.05) is 49.7 Å². The summed E-state index contributed by atoms with van der Waals surface area (Å²) in [7, 11) is 1.76. The lowest BCUT2D eigenvalue weighted by Crippen LogP contribution is -2.36. The summed E-state index contributed by atoms with van der Waals surface area (Å²) in [5.41, 5.74) is 2.47. The third kappa shape index (κ3) is 2.82. The highest BCUT2D eigenvalue weighted by atomic mass is 35.5. The monoisotopic (exact) mass is 419 g/mol.